The van der Waals surface area contributed by atoms with Crippen LogP contribution < -0.4 is 0 Å². The molecule has 0 radical (unpaired) electrons. The zero-order chi connectivity index (χ0) is 16.7. The van der Waals surface area contributed by atoms with E-state index in [9.17, 15) is 4.79 Å². The smallest absolute Gasteiger partial charge is 0.133 e. The molecule has 136 valence electrons. The number of hydrogen-bond acceptors (Lipinski definition) is 2. The summed E-state index contributed by atoms with van der Waals surface area (Å²) < 4.78 is 5.30. The Labute approximate surface area is 148 Å². The lowest BCUT2D eigenvalue weighted by molar-refractivity contribution is -0.127. The Balaban J connectivity index is 1.46. The van der Waals surface area contributed by atoms with Gasteiger partial charge in [0.25, 0.3) is 0 Å². The first-order valence-corrected chi connectivity index (χ1v) is 10.6. The SMILES string of the molecule is COCCCC1CCC2[C@@H]3CC[C@@H]4CC(=O)CC[C@@H]4C3CC[C@]12C. The number of ketones is 1. The molecule has 0 heterocycles. The van der Waals surface area contributed by atoms with Gasteiger partial charge in [-0.2, -0.15) is 0 Å². The van der Waals surface area contributed by atoms with Gasteiger partial charge in [0.2, 0.25) is 0 Å². The molecule has 4 aliphatic rings. The van der Waals surface area contributed by atoms with Gasteiger partial charge < -0.3 is 4.74 Å². The summed E-state index contributed by atoms with van der Waals surface area (Å²) in [7, 11) is 1.83. The molecule has 7 atom stereocenters. The number of methoxy groups -OCH3 is 1. The normalized spacial score (nSPS) is 47.8. The first kappa shape index (κ1) is 17.1. The molecule has 0 N–H and O–H groups in total. The van der Waals surface area contributed by atoms with E-state index in [1.807, 2.05) is 7.11 Å². The third-order valence-corrected chi connectivity index (χ3v) is 8.86. The van der Waals surface area contributed by atoms with Crippen LogP contribution in [0.2, 0.25) is 0 Å². The maximum Gasteiger partial charge on any atom is 0.133 e. The van der Waals surface area contributed by atoms with Gasteiger partial charge in [-0.1, -0.05) is 6.92 Å². The molecule has 4 fully saturated rings. The Morgan fingerprint density at radius 2 is 1.92 bits per heavy atom. The van der Waals surface area contributed by atoms with E-state index in [1.54, 1.807) is 0 Å². The molecule has 2 nitrogen and oxygen atoms in total. The lowest BCUT2D eigenvalue weighted by Crippen LogP contribution is -2.48. The van der Waals surface area contributed by atoms with Crippen molar-refractivity contribution in [3.8, 4) is 0 Å². The third-order valence-electron chi connectivity index (χ3n) is 8.86. The van der Waals surface area contributed by atoms with Crippen LogP contribution in [0.25, 0.3) is 0 Å². The van der Waals surface area contributed by atoms with E-state index in [4.69, 9.17) is 4.74 Å². The fraction of sp³-hybridized carbons (Fsp3) is 0.955. The Hall–Kier alpha value is -0.370. The molecule has 3 unspecified atom stereocenters. The molecule has 2 heteroatoms. The first-order chi connectivity index (χ1) is 11.6. The number of ether oxygens (including phenoxy) is 1. The minimum atomic E-state index is 0.550. The van der Waals surface area contributed by atoms with Gasteiger partial charge in [0, 0.05) is 26.6 Å². The Kier molecular flexibility index (Phi) is 4.79. The summed E-state index contributed by atoms with van der Waals surface area (Å²) in [6, 6.07) is 0. The quantitative estimate of drug-likeness (QED) is 0.657. The van der Waals surface area contributed by atoms with E-state index in [1.165, 1.54) is 57.8 Å². The highest BCUT2D eigenvalue weighted by molar-refractivity contribution is 5.79. The minimum absolute atomic E-state index is 0.550. The molecular weight excluding hydrogens is 296 g/mol. The number of hydrogen-bond donors (Lipinski definition) is 0. The lowest BCUT2D eigenvalue weighted by atomic mass is 9.49. The van der Waals surface area contributed by atoms with Crippen molar-refractivity contribution in [1.82, 2.24) is 0 Å². The van der Waals surface area contributed by atoms with Crippen molar-refractivity contribution in [3.63, 3.8) is 0 Å². The summed E-state index contributed by atoms with van der Waals surface area (Å²) in [6.45, 7) is 3.57. The summed E-state index contributed by atoms with van der Waals surface area (Å²) in [5.74, 6) is 6.02. The van der Waals surface area contributed by atoms with E-state index in [0.29, 0.717) is 11.2 Å². The summed E-state index contributed by atoms with van der Waals surface area (Å²) in [6.07, 6.45) is 14.2. The predicted molar refractivity (Wildman–Crippen MR) is 96.7 cm³/mol. The van der Waals surface area contributed by atoms with Crippen molar-refractivity contribution in [2.24, 2.45) is 40.9 Å². The Morgan fingerprint density at radius 3 is 2.75 bits per heavy atom. The zero-order valence-electron chi connectivity index (χ0n) is 15.8. The maximum absolute atomic E-state index is 11.9. The Bertz CT molecular complexity index is 473. The molecule has 0 aromatic heterocycles. The maximum atomic E-state index is 11.9. The zero-order valence-corrected chi connectivity index (χ0v) is 15.8. The number of Topliss-reactive ketones (excluding diaryl/α,β-unsaturated/α-hetero) is 1. The fourth-order valence-electron chi connectivity index (χ4n) is 7.72. The van der Waals surface area contributed by atoms with Crippen molar-refractivity contribution in [2.75, 3.05) is 13.7 Å². The molecule has 0 saturated heterocycles. The second-order valence-electron chi connectivity index (χ2n) is 9.67. The number of rotatable bonds is 4. The molecule has 0 aromatic carbocycles. The van der Waals surface area contributed by atoms with Crippen molar-refractivity contribution in [1.29, 1.82) is 0 Å². The van der Waals surface area contributed by atoms with E-state index in [2.05, 4.69) is 6.92 Å². The van der Waals surface area contributed by atoms with Crippen molar-refractivity contribution in [3.05, 3.63) is 0 Å². The van der Waals surface area contributed by atoms with Gasteiger partial charge in [-0.25, -0.2) is 0 Å². The van der Waals surface area contributed by atoms with E-state index >= 15 is 0 Å². The highest BCUT2D eigenvalue weighted by Gasteiger charge is 2.56. The van der Waals surface area contributed by atoms with Gasteiger partial charge in [0.05, 0.1) is 0 Å². The number of fused-ring (bicyclic) bond motifs is 5. The standard InChI is InChI=1S/C22H36O2/c1-22-12-11-19-18-9-7-17(23)14-15(18)5-8-20(19)21(22)10-6-16(22)4-3-13-24-2/h15-16,18-21H,3-14H2,1-2H3/t15-,16?,18+,19?,20-,21?,22-/m1/s1. The van der Waals surface area contributed by atoms with Crippen molar-refractivity contribution < 1.29 is 9.53 Å². The number of carbonyl (C=O) groups is 1. The number of carbonyl (C=O) groups excluding carboxylic acids is 1. The van der Waals surface area contributed by atoms with Gasteiger partial charge in [-0.15, -0.1) is 0 Å². The molecule has 4 rings (SSSR count). The highest BCUT2D eigenvalue weighted by atomic mass is 16.5. The molecular formula is C22H36O2. The van der Waals surface area contributed by atoms with Crippen LogP contribution in [-0.4, -0.2) is 19.5 Å². The van der Waals surface area contributed by atoms with Gasteiger partial charge >= 0.3 is 0 Å². The van der Waals surface area contributed by atoms with Crippen molar-refractivity contribution >= 4 is 5.78 Å². The van der Waals surface area contributed by atoms with Crippen LogP contribution in [0.15, 0.2) is 0 Å². The third kappa shape index (κ3) is 2.77. The average Bonchev–Trinajstić information content (AvgIpc) is 2.91. The fourth-order valence-corrected chi connectivity index (χ4v) is 7.72. The van der Waals surface area contributed by atoms with Gasteiger partial charge in [-0.05, 0) is 98.7 Å². The van der Waals surface area contributed by atoms with Gasteiger partial charge in [0.15, 0.2) is 0 Å². The Morgan fingerprint density at radius 1 is 1.04 bits per heavy atom. The lowest BCUT2D eigenvalue weighted by Gasteiger charge is -2.55. The van der Waals surface area contributed by atoms with E-state index in [-0.39, 0.29) is 0 Å². The molecule has 4 aliphatic carbocycles. The predicted octanol–water partition coefficient (Wildman–Crippen LogP) is 5.25. The average molecular weight is 333 g/mol. The summed E-state index contributed by atoms with van der Waals surface area (Å²) >= 11 is 0. The van der Waals surface area contributed by atoms with Crippen LogP contribution in [-0.2, 0) is 9.53 Å². The van der Waals surface area contributed by atoms with Crippen LogP contribution in [0.3, 0.4) is 0 Å². The molecule has 0 aliphatic heterocycles. The van der Waals surface area contributed by atoms with Crippen LogP contribution in [0, 0.1) is 40.9 Å². The minimum Gasteiger partial charge on any atom is -0.385 e. The van der Waals surface area contributed by atoms with Crippen LogP contribution in [0.1, 0.15) is 77.6 Å². The first-order valence-electron chi connectivity index (χ1n) is 10.6. The summed E-state index contributed by atoms with van der Waals surface area (Å²) in [5, 5.41) is 0. The molecule has 0 aromatic rings. The second kappa shape index (κ2) is 6.74. The summed E-state index contributed by atoms with van der Waals surface area (Å²) in [5.41, 5.74) is 0.603. The molecule has 4 saturated carbocycles. The summed E-state index contributed by atoms with van der Waals surface area (Å²) in [4.78, 5) is 11.9. The topological polar surface area (TPSA) is 26.3 Å². The van der Waals surface area contributed by atoms with E-state index < -0.39 is 0 Å². The van der Waals surface area contributed by atoms with Gasteiger partial charge in [0.1, 0.15) is 5.78 Å². The molecule has 0 spiro atoms. The monoisotopic (exact) mass is 332 g/mol. The molecule has 0 bridgehead atoms. The van der Waals surface area contributed by atoms with Crippen molar-refractivity contribution in [2.45, 2.75) is 77.6 Å². The second-order valence-corrected chi connectivity index (χ2v) is 9.67. The molecule has 24 heavy (non-hydrogen) atoms. The van der Waals surface area contributed by atoms with E-state index in [0.717, 1.165) is 55.0 Å². The molecule has 0 amide bonds. The van der Waals surface area contributed by atoms with Crippen LogP contribution in [0.4, 0.5) is 0 Å². The largest absolute Gasteiger partial charge is 0.385 e. The van der Waals surface area contributed by atoms with Crippen LogP contribution in [0.5, 0.6) is 0 Å². The highest BCUT2D eigenvalue weighted by Crippen LogP contribution is 2.64. The van der Waals surface area contributed by atoms with Crippen LogP contribution >= 0.6 is 0 Å². The van der Waals surface area contributed by atoms with Gasteiger partial charge in [-0.3, -0.25) is 4.79 Å².